The monoisotopic (exact) mass is 263 g/mol. The van der Waals surface area contributed by atoms with E-state index in [1.54, 1.807) is 12.1 Å². The number of aromatic nitrogens is 1. The summed E-state index contributed by atoms with van der Waals surface area (Å²) in [7, 11) is 0. The van der Waals surface area contributed by atoms with Gasteiger partial charge in [0, 0.05) is 10.9 Å². The summed E-state index contributed by atoms with van der Waals surface area (Å²) >= 11 is 0. The van der Waals surface area contributed by atoms with Crippen molar-refractivity contribution in [1.82, 2.24) is 4.98 Å². The van der Waals surface area contributed by atoms with E-state index in [9.17, 15) is 9.90 Å². The van der Waals surface area contributed by atoms with Gasteiger partial charge in [-0.1, -0.05) is 35.9 Å². The van der Waals surface area contributed by atoms with Gasteiger partial charge in [0.25, 0.3) is 0 Å². The van der Waals surface area contributed by atoms with Gasteiger partial charge in [-0.3, -0.25) is 4.79 Å². The van der Waals surface area contributed by atoms with Crippen molar-refractivity contribution in [2.24, 2.45) is 0 Å². The molecule has 3 rings (SSSR count). The minimum absolute atomic E-state index is 0.263. The number of para-hydroxylation sites is 1. The highest BCUT2D eigenvalue weighted by Crippen LogP contribution is 2.26. The first-order chi connectivity index (χ1) is 9.65. The molecule has 3 heteroatoms. The Balaban J connectivity index is 2.31. The highest BCUT2D eigenvalue weighted by molar-refractivity contribution is 5.82. The number of pyridine rings is 1. The van der Waals surface area contributed by atoms with Gasteiger partial charge < -0.3 is 5.11 Å². The second-order valence-electron chi connectivity index (χ2n) is 4.74. The van der Waals surface area contributed by atoms with Gasteiger partial charge in [0.1, 0.15) is 0 Å². The maximum absolute atomic E-state index is 11.8. The Labute approximate surface area is 116 Å². The third-order valence-corrected chi connectivity index (χ3v) is 3.23. The molecule has 0 bridgehead atoms. The number of nitrogens with zero attached hydrogens (tertiary/aromatic N) is 1. The maximum atomic E-state index is 11.8. The molecular formula is C17H13NO2. The van der Waals surface area contributed by atoms with E-state index in [0.717, 1.165) is 16.5 Å². The number of rotatable bonds is 1. The van der Waals surface area contributed by atoms with Crippen molar-refractivity contribution in [3.05, 3.63) is 70.4 Å². The van der Waals surface area contributed by atoms with Crippen LogP contribution in [0.25, 0.3) is 22.2 Å². The van der Waals surface area contributed by atoms with Crippen LogP contribution in [0.15, 0.2) is 59.4 Å². The van der Waals surface area contributed by atoms with Crippen molar-refractivity contribution in [3.8, 4) is 17.0 Å². The molecule has 0 spiro atoms. The summed E-state index contributed by atoms with van der Waals surface area (Å²) in [6.07, 6.45) is 0. The molecule has 2 aromatic carbocycles. The summed E-state index contributed by atoms with van der Waals surface area (Å²) in [5.41, 5.74) is 2.39. The van der Waals surface area contributed by atoms with Crippen molar-refractivity contribution in [2.75, 3.05) is 0 Å². The third-order valence-electron chi connectivity index (χ3n) is 3.23. The number of benzene rings is 1. The lowest BCUT2D eigenvalue weighted by Gasteiger charge is -2.03. The predicted molar refractivity (Wildman–Crippen MR) is 79.9 cm³/mol. The van der Waals surface area contributed by atoms with E-state index in [-0.39, 0.29) is 5.75 Å². The average Bonchev–Trinajstić information content (AvgIpc) is 2.60. The molecule has 3 aromatic rings. The molecule has 1 N–H and O–H groups in total. The summed E-state index contributed by atoms with van der Waals surface area (Å²) in [4.78, 5) is 16.3. The average molecular weight is 263 g/mol. The van der Waals surface area contributed by atoms with Crippen molar-refractivity contribution < 1.29 is 5.11 Å². The molecule has 0 fully saturated rings. The quantitative estimate of drug-likeness (QED) is 0.733. The summed E-state index contributed by atoms with van der Waals surface area (Å²) in [5, 5.41) is 11.1. The zero-order valence-corrected chi connectivity index (χ0v) is 11.0. The Hall–Kier alpha value is -2.68. The van der Waals surface area contributed by atoms with Crippen LogP contribution in [-0.4, -0.2) is 10.1 Å². The van der Waals surface area contributed by atoms with Crippen LogP contribution < -0.4 is 5.43 Å². The lowest BCUT2D eigenvalue weighted by molar-refractivity contribution is 0.473. The molecule has 3 nitrogen and oxygen atoms in total. The molecular weight excluding hydrogens is 250 g/mol. The van der Waals surface area contributed by atoms with Gasteiger partial charge in [0.2, 0.25) is 5.43 Å². The molecule has 20 heavy (non-hydrogen) atoms. The standard InChI is InChI=1S/C17H13NO2/c1-11-6-9-16(19)17(20)13(10-11)15-8-7-12-4-2-3-5-14(12)18-15/h2-10H,1H3,(H,19,20). The summed E-state index contributed by atoms with van der Waals surface area (Å²) < 4.78 is 0. The van der Waals surface area contributed by atoms with Gasteiger partial charge >= 0.3 is 0 Å². The normalized spacial score (nSPS) is 10.7. The molecule has 0 unspecified atom stereocenters. The molecule has 98 valence electrons. The van der Waals surface area contributed by atoms with Gasteiger partial charge in [-0.15, -0.1) is 0 Å². The Bertz CT molecular complexity index is 856. The minimum Gasteiger partial charge on any atom is -0.504 e. The molecule has 0 saturated heterocycles. The predicted octanol–water partition coefficient (Wildman–Crippen LogP) is 3.28. The molecule has 0 radical (unpaired) electrons. The second-order valence-corrected chi connectivity index (χ2v) is 4.74. The molecule has 0 amide bonds. The molecule has 0 aliphatic carbocycles. The fraction of sp³-hybridized carbons (Fsp3) is 0.0588. The largest absolute Gasteiger partial charge is 0.504 e. The van der Waals surface area contributed by atoms with Gasteiger partial charge in [-0.25, -0.2) is 4.98 Å². The smallest absolute Gasteiger partial charge is 0.220 e. The lowest BCUT2D eigenvalue weighted by atomic mass is 10.1. The summed E-state index contributed by atoms with van der Waals surface area (Å²) in [5.74, 6) is -0.263. The van der Waals surface area contributed by atoms with Crippen LogP contribution in [0.3, 0.4) is 0 Å². The number of hydrogen-bond acceptors (Lipinski definition) is 3. The van der Waals surface area contributed by atoms with Crippen molar-refractivity contribution >= 4 is 10.9 Å². The van der Waals surface area contributed by atoms with Crippen LogP contribution in [0.5, 0.6) is 5.75 Å². The van der Waals surface area contributed by atoms with Crippen LogP contribution in [0.4, 0.5) is 0 Å². The maximum Gasteiger partial charge on any atom is 0.220 e. The first kappa shape index (κ1) is 12.4. The van der Waals surface area contributed by atoms with E-state index >= 15 is 0 Å². The van der Waals surface area contributed by atoms with E-state index in [4.69, 9.17) is 0 Å². The molecule has 1 heterocycles. The first-order valence-corrected chi connectivity index (χ1v) is 6.35. The lowest BCUT2D eigenvalue weighted by Crippen LogP contribution is -1.95. The van der Waals surface area contributed by atoms with E-state index in [1.807, 2.05) is 43.3 Å². The fourth-order valence-electron chi connectivity index (χ4n) is 2.17. The second kappa shape index (κ2) is 4.78. The van der Waals surface area contributed by atoms with Crippen LogP contribution in [0.1, 0.15) is 5.56 Å². The zero-order valence-electron chi connectivity index (χ0n) is 11.0. The van der Waals surface area contributed by atoms with Crippen LogP contribution >= 0.6 is 0 Å². The number of hydrogen-bond donors (Lipinski definition) is 1. The van der Waals surface area contributed by atoms with Gasteiger partial charge in [0.15, 0.2) is 5.75 Å². The Kier molecular flexibility index (Phi) is 2.95. The van der Waals surface area contributed by atoms with Crippen LogP contribution in [0.2, 0.25) is 0 Å². The third kappa shape index (κ3) is 2.14. The van der Waals surface area contributed by atoms with Crippen molar-refractivity contribution in [2.45, 2.75) is 6.92 Å². The van der Waals surface area contributed by atoms with E-state index in [2.05, 4.69) is 4.98 Å². The Morgan fingerprint density at radius 1 is 1.00 bits per heavy atom. The van der Waals surface area contributed by atoms with Crippen molar-refractivity contribution in [3.63, 3.8) is 0 Å². The SMILES string of the molecule is Cc1ccc(=O)c(O)c(-c2ccc3ccccc3n2)c1. The van der Waals surface area contributed by atoms with Gasteiger partial charge in [-0.05, 0) is 31.2 Å². The van der Waals surface area contributed by atoms with E-state index in [0.29, 0.717) is 11.3 Å². The highest BCUT2D eigenvalue weighted by Gasteiger charge is 2.09. The summed E-state index contributed by atoms with van der Waals surface area (Å²) in [6, 6.07) is 16.3. The van der Waals surface area contributed by atoms with Crippen LogP contribution in [-0.2, 0) is 0 Å². The topological polar surface area (TPSA) is 50.2 Å². The highest BCUT2D eigenvalue weighted by atomic mass is 16.3. The first-order valence-electron chi connectivity index (χ1n) is 6.35. The van der Waals surface area contributed by atoms with Crippen LogP contribution in [0, 0.1) is 6.92 Å². The number of aryl methyl sites for hydroxylation is 1. The van der Waals surface area contributed by atoms with E-state index < -0.39 is 5.43 Å². The molecule has 0 saturated carbocycles. The van der Waals surface area contributed by atoms with Crippen molar-refractivity contribution in [1.29, 1.82) is 0 Å². The fourth-order valence-corrected chi connectivity index (χ4v) is 2.17. The van der Waals surface area contributed by atoms with Gasteiger partial charge in [-0.2, -0.15) is 0 Å². The molecule has 0 atom stereocenters. The summed E-state index contributed by atoms with van der Waals surface area (Å²) in [6.45, 7) is 1.88. The molecule has 0 aliphatic heterocycles. The van der Waals surface area contributed by atoms with Gasteiger partial charge in [0.05, 0.1) is 11.2 Å². The Morgan fingerprint density at radius 3 is 2.65 bits per heavy atom. The van der Waals surface area contributed by atoms with E-state index in [1.165, 1.54) is 6.07 Å². The molecule has 0 aliphatic rings. The number of aromatic hydroxyl groups is 1. The zero-order chi connectivity index (χ0) is 14.1. The Morgan fingerprint density at radius 2 is 1.80 bits per heavy atom. The minimum atomic E-state index is -0.400. The number of fused-ring (bicyclic) bond motifs is 1. The molecule has 1 aromatic heterocycles.